The molecule has 0 bridgehead atoms. The highest BCUT2D eigenvalue weighted by Crippen LogP contribution is 2.22. The van der Waals surface area contributed by atoms with Gasteiger partial charge >= 0.3 is 5.69 Å². The van der Waals surface area contributed by atoms with Crippen molar-refractivity contribution in [1.82, 2.24) is 14.5 Å². The molecule has 2 aromatic rings. The summed E-state index contributed by atoms with van der Waals surface area (Å²) in [6.07, 6.45) is 3.35. The molecular weight excluding hydrogens is 273 g/mol. The molecule has 21 heavy (non-hydrogen) atoms. The van der Waals surface area contributed by atoms with E-state index in [1.165, 1.54) is 12.1 Å². The first-order valence-corrected chi connectivity index (χ1v) is 7.05. The molecule has 5 nitrogen and oxygen atoms in total. The highest BCUT2D eigenvalue weighted by molar-refractivity contribution is 5.19. The molecule has 112 valence electrons. The summed E-state index contributed by atoms with van der Waals surface area (Å²) < 4.78 is 20.4. The Labute approximate surface area is 122 Å². The second-order valence-electron chi connectivity index (χ2n) is 5.17. The molecule has 1 aromatic heterocycles. The molecule has 6 heteroatoms. The van der Waals surface area contributed by atoms with E-state index < -0.39 is 0 Å². The predicted molar refractivity (Wildman–Crippen MR) is 76.6 cm³/mol. The molecule has 0 saturated carbocycles. The number of hydrogen-bond acceptors (Lipinski definition) is 3. The molecule has 0 spiro atoms. The third-order valence-electron chi connectivity index (χ3n) is 3.77. The van der Waals surface area contributed by atoms with Crippen LogP contribution in [0.2, 0.25) is 0 Å². The molecule has 0 aliphatic carbocycles. The number of rotatable bonds is 4. The minimum Gasteiger partial charge on any atom is -0.371 e. The molecule has 1 N–H and O–H groups in total. The first-order chi connectivity index (χ1) is 10.2. The van der Waals surface area contributed by atoms with Crippen LogP contribution in [0.5, 0.6) is 0 Å². The third kappa shape index (κ3) is 3.40. The van der Waals surface area contributed by atoms with Crippen molar-refractivity contribution in [3.05, 3.63) is 58.5 Å². The van der Waals surface area contributed by atoms with Crippen molar-refractivity contribution in [3.8, 4) is 0 Å². The number of imidazole rings is 1. The Kier molecular flexibility index (Phi) is 4.17. The number of morpholine rings is 1. The normalized spacial score (nSPS) is 19.8. The van der Waals surface area contributed by atoms with Crippen molar-refractivity contribution >= 4 is 0 Å². The van der Waals surface area contributed by atoms with Crippen LogP contribution in [0.15, 0.2) is 41.5 Å². The maximum absolute atomic E-state index is 13.0. The SMILES string of the molecule is O=c1[nH]ccn1CCN1CCO[C@H](c2ccc(F)cc2)C1. The molecule has 1 aromatic carbocycles. The van der Waals surface area contributed by atoms with Crippen LogP contribution in [-0.4, -0.2) is 40.7 Å². The van der Waals surface area contributed by atoms with Gasteiger partial charge in [0.15, 0.2) is 0 Å². The zero-order valence-corrected chi connectivity index (χ0v) is 11.7. The Hall–Kier alpha value is -1.92. The van der Waals surface area contributed by atoms with Gasteiger partial charge in [0, 0.05) is 38.6 Å². The van der Waals surface area contributed by atoms with E-state index >= 15 is 0 Å². The zero-order chi connectivity index (χ0) is 14.7. The van der Waals surface area contributed by atoms with E-state index in [1.54, 1.807) is 29.1 Å². The Balaban J connectivity index is 1.59. The number of ether oxygens (including phenoxy) is 1. The van der Waals surface area contributed by atoms with Gasteiger partial charge in [0.2, 0.25) is 0 Å². The number of halogens is 1. The maximum Gasteiger partial charge on any atom is 0.325 e. The number of H-pyrrole nitrogens is 1. The Morgan fingerprint density at radius 2 is 2.10 bits per heavy atom. The fourth-order valence-electron chi connectivity index (χ4n) is 2.56. The lowest BCUT2D eigenvalue weighted by atomic mass is 10.1. The number of nitrogens with zero attached hydrogens (tertiary/aromatic N) is 2. The van der Waals surface area contributed by atoms with Crippen LogP contribution in [0.3, 0.4) is 0 Å². The number of aromatic amines is 1. The van der Waals surface area contributed by atoms with E-state index in [0.717, 1.165) is 25.2 Å². The molecule has 1 atom stereocenters. The van der Waals surface area contributed by atoms with Gasteiger partial charge in [-0.3, -0.25) is 9.47 Å². The Morgan fingerprint density at radius 3 is 2.81 bits per heavy atom. The second-order valence-corrected chi connectivity index (χ2v) is 5.17. The standard InChI is InChI=1S/C15H18FN3O2/c16-13-3-1-12(2-4-13)14-11-18(9-10-21-14)7-8-19-6-5-17-15(19)20/h1-6,14H,7-11H2,(H,17,20)/t14-/m0/s1. The Bertz CT molecular complexity index is 635. The summed E-state index contributed by atoms with van der Waals surface area (Å²) in [6.45, 7) is 3.68. The minimum atomic E-state index is -0.238. The van der Waals surface area contributed by atoms with Crippen LogP contribution in [0.25, 0.3) is 0 Å². The van der Waals surface area contributed by atoms with Gasteiger partial charge in [-0.25, -0.2) is 9.18 Å². The third-order valence-corrected chi connectivity index (χ3v) is 3.77. The highest BCUT2D eigenvalue weighted by atomic mass is 19.1. The van der Waals surface area contributed by atoms with Crippen molar-refractivity contribution in [3.63, 3.8) is 0 Å². The van der Waals surface area contributed by atoms with E-state index in [-0.39, 0.29) is 17.6 Å². The fourth-order valence-corrected chi connectivity index (χ4v) is 2.56. The first kappa shape index (κ1) is 14.0. The molecule has 0 radical (unpaired) electrons. The molecule has 1 fully saturated rings. The van der Waals surface area contributed by atoms with E-state index in [0.29, 0.717) is 13.2 Å². The van der Waals surface area contributed by atoms with Crippen LogP contribution in [0, 0.1) is 5.82 Å². The van der Waals surface area contributed by atoms with E-state index in [1.807, 2.05) is 0 Å². The molecule has 1 aliphatic heterocycles. The van der Waals surface area contributed by atoms with Crippen LogP contribution in [-0.2, 0) is 11.3 Å². The van der Waals surface area contributed by atoms with Crippen molar-refractivity contribution in [1.29, 1.82) is 0 Å². The van der Waals surface area contributed by atoms with Gasteiger partial charge < -0.3 is 9.72 Å². The summed E-state index contributed by atoms with van der Waals surface area (Å²) >= 11 is 0. The van der Waals surface area contributed by atoms with Gasteiger partial charge in [0.1, 0.15) is 5.82 Å². The molecule has 0 unspecified atom stereocenters. The van der Waals surface area contributed by atoms with E-state index in [2.05, 4.69) is 9.88 Å². The number of benzene rings is 1. The molecule has 1 aliphatic rings. The zero-order valence-electron chi connectivity index (χ0n) is 11.7. The lowest BCUT2D eigenvalue weighted by Crippen LogP contribution is -2.40. The molecule has 2 heterocycles. The van der Waals surface area contributed by atoms with Crippen LogP contribution in [0.4, 0.5) is 4.39 Å². The lowest BCUT2D eigenvalue weighted by Gasteiger charge is -2.33. The average Bonchev–Trinajstić information content (AvgIpc) is 2.91. The Morgan fingerprint density at radius 1 is 1.29 bits per heavy atom. The number of aromatic nitrogens is 2. The van der Waals surface area contributed by atoms with Crippen molar-refractivity contribution in [2.45, 2.75) is 12.6 Å². The van der Waals surface area contributed by atoms with Crippen LogP contribution < -0.4 is 5.69 Å². The average molecular weight is 291 g/mol. The summed E-state index contributed by atoms with van der Waals surface area (Å²) in [6, 6.07) is 6.44. The number of hydrogen-bond donors (Lipinski definition) is 1. The van der Waals surface area contributed by atoms with Gasteiger partial charge in [-0.1, -0.05) is 12.1 Å². The minimum absolute atomic E-state index is 0.0395. The van der Waals surface area contributed by atoms with Crippen LogP contribution >= 0.6 is 0 Å². The largest absolute Gasteiger partial charge is 0.371 e. The second kappa shape index (κ2) is 6.24. The van der Waals surface area contributed by atoms with Gasteiger partial charge in [-0.05, 0) is 17.7 Å². The van der Waals surface area contributed by atoms with Crippen LogP contribution in [0.1, 0.15) is 11.7 Å². The smallest absolute Gasteiger partial charge is 0.325 e. The molecular formula is C15H18FN3O2. The fraction of sp³-hybridized carbons (Fsp3) is 0.400. The van der Waals surface area contributed by atoms with Crippen molar-refractivity contribution in [2.24, 2.45) is 0 Å². The summed E-state index contributed by atoms with van der Waals surface area (Å²) in [4.78, 5) is 16.3. The quantitative estimate of drug-likeness (QED) is 0.926. The van der Waals surface area contributed by atoms with Gasteiger partial charge in [-0.15, -0.1) is 0 Å². The first-order valence-electron chi connectivity index (χ1n) is 7.05. The van der Waals surface area contributed by atoms with E-state index in [4.69, 9.17) is 4.74 Å². The molecule has 3 rings (SSSR count). The topological polar surface area (TPSA) is 50.3 Å². The summed E-state index contributed by atoms with van der Waals surface area (Å²) in [7, 11) is 0. The molecule has 1 saturated heterocycles. The van der Waals surface area contributed by atoms with Crippen molar-refractivity contribution < 1.29 is 9.13 Å². The number of nitrogens with one attached hydrogen (secondary N) is 1. The van der Waals surface area contributed by atoms with Gasteiger partial charge in [0.25, 0.3) is 0 Å². The lowest BCUT2D eigenvalue weighted by molar-refractivity contribution is -0.0309. The van der Waals surface area contributed by atoms with Gasteiger partial charge in [-0.2, -0.15) is 0 Å². The summed E-state index contributed by atoms with van der Waals surface area (Å²) in [5, 5.41) is 0. The van der Waals surface area contributed by atoms with E-state index in [9.17, 15) is 9.18 Å². The summed E-state index contributed by atoms with van der Waals surface area (Å²) in [5.41, 5.74) is 0.901. The maximum atomic E-state index is 13.0. The monoisotopic (exact) mass is 291 g/mol. The molecule has 0 amide bonds. The predicted octanol–water partition coefficient (Wildman–Crippen LogP) is 1.39. The van der Waals surface area contributed by atoms with Gasteiger partial charge in [0.05, 0.1) is 12.7 Å². The summed E-state index contributed by atoms with van der Waals surface area (Å²) in [5.74, 6) is -0.238. The highest BCUT2D eigenvalue weighted by Gasteiger charge is 2.21. The van der Waals surface area contributed by atoms with Crippen molar-refractivity contribution in [2.75, 3.05) is 26.2 Å².